The molecule has 0 spiro atoms. The first-order chi connectivity index (χ1) is 7.54. The summed E-state index contributed by atoms with van der Waals surface area (Å²) in [6.45, 7) is 1.14. The second-order valence-corrected chi connectivity index (χ2v) is 3.40. The molecule has 1 rings (SSSR count). The van der Waals surface area contributed by atoms with Crippen LogP contribution in [0.5, 0.6) is 0 Å². The molecule has 0 heterocycles. The van der Waals surface area contributed by atoms with E-state index in [4.69, 9.17) is 17.1 Å². The molecule has 1 aromatic carbocycles. The molecule has 0 aromatic heterocycles. The maximum atomic E-state index is 11.4. The van der Waals surface area contributed by atoms with E-state index in [0.29, 0.717) is 10.7 Å². The largest absolute Gasteiger partial charge is 0.421 e. The van der Waals surface area contributed by atoms with Crippen LogP contribution in [0.4, 0.5) is 5.69 Å². The summed E-state index contributed by atoms with van der Waals surface area (Å²) in [6.07, 6.45) is 0. The van der Waals surface area contributed by atoms with Gasteiger partial charge in [0.15, 0.2) is 0 Å². The summed E-state index contributed by atoms with van der Waals surface area (Å²) in [4.78, 5) is 24.9. The minimum absolute atomic E-state index is 0.455. The highest BCUT2D eigenvalue weighted by Gasteiger charge is 2.25. The van der Waals surface area contributed by atoms with Crippen LogP contribution in [0.3, 0.4) is 0 Å². The monoisotopic (exact) mass is 237 g/mol. The summed E-state index contributed by atoms with van der Waals surface area (Å²) in [7, 11) is 0. The number of amides is 1. The predicted octanol–water partition coefficient (Wildman–Crippen LogP) is 1.54. The number of carbonyl (C=O) groups excluding carboxylic acids is 2. The summed E-state index contributed by atoms with van der Waals surface area (Å²) in [5, 5.41) is 2.92. The lowest BCUT2D eigenvalue weighted by Gasteiger charge is -2.00. The van der Waals surface area contributed by atoms with E-state index in [1.807, 2.05) is 0 Å². The first kappa shape index (κ1) is 12.1. The fourth-order valence-electron chi connectivity index (χ4n) is 0.999. The Balaban J connectivity index is 2.83. The van der Waals surface area contributed by atoms with Gasteiger partial charge in [0.25, 0.3) is 0 Å². The van der Waals surface area contributed by atoms with Crippen molar-refractivity contribution in [3.05, 3.63) is 34.8 Å². The maximum absolute atomic E-state index is 11.4. The van der Waals surface area contributed by atoms with E-state index in [1.165, 1.54) is 0 Å². The van der Waals surface area contributed by atoms with Gasteiger partial charge >= 0.3 is 11.6 Å². The summed E-state index contributed by atoms with van der Waals surface area (Å²) < 4.78 is 0. The van der Waals surface area contributed by atoms with Gasteiger partial charge in [0, 0.05) is 17.6 Å². The molecule has 1 N–H and O–H groups in total. The zero-order valence-electron chi connectivity index (χ0n) is 8.40. The lowest BCUT2D eigenvalue weighted by atomic mass is 10.2. The van der Waals surface area contributed by atoms with Gasteiger partial charge in [0.1, 0.15) is 0 Å². The number of Topliss-reactive ketones (excluding diaryl/α,β-unsaturated/α-hetero) is 1. The number of hydrogen-bond acceptors (Lipinski definition) is 2. The van der Waals surface area contributed by atoms with E-state index in [-0.39, 0.29) is 0 Å². The van der Waals surface area contributed by atoms with Crippen LogP contribution in [0.25, 0.3) is 5.53 Å². The Morgan fingerprint density at radius 2 is 1.88 bits per heavy atom. The summed E-state index contributed by atoms with van der Waals surface area (Å²) in [5.41, 5.74) is 8.38. The molecule has 0 bridgehead atoms. The molecule has 0 atom stereocenters. The van der Waals surface area contributed by atoms with Gasteiger partial charge in [-0.2, -0.15) is 4.79 Å². The number of anilines is 1. The molecule has 0 unspecified atom stereocenters. The zero-order chi connectivity index (χ0) is 12.1. The van der Waals surface area contributed by atoms with Crippen molar-refractivity contribution < 1.29 is 14.4 Å². The number of rotatable bonds is 3. The van der Waals surface area contributed by atoms with Crippen molar-refractivity contribution in [2.45, 2.75) is 6.92 Å². The van der Waals surface area contributed by atoms with Crippen molar-refractivity contribution in [2.24, 2.45) is 0 Å². The van der Waals surface area contributed by atoms with Crippen LogP contribution in [0.2, 0.25) is 5.02 Å². The van der Waals surface area contributed by atoms with E-state index in [1.54, 1.807) is 24.3 Å². The summed E-state index contributed by atoms with van der Waals surface area (Å²) >= 11 is 5.66. The Morgan fingerprint density at radius 1 is 1.31 bits per heavy atom. The molecule has 0 aliphatic carbocycles. The quantitative estimate of drug-likeness (QED) is 0.374. The Bertz CT molecular complexity index is 475. The van der Waals surface area contributed by atoms with Crippen LogP contribution in [-0.4, -0.2) is 22.2 Å². The molecular weight excluding hydrogens is 230 g/mol. The highest BCUT2D eigenvalue weighted by Crippen LogP contribution is 2.13. The van der Waals surface area contributed by atoms with Gasteiger partial charge < -0.3 is 10.8 Å². The van der Waals surface area contributed by atoms with Crippen LogP contribution in [0.1, 0.15) is 6.92 Å². The zero-order valence-corrected chi connectivity index (χ0v) is 9.15. The smallest absolute Gasteiger partial charge is 0.360 e. The van der Waals surface area contributed by atoms with Gasteiger partial charge in [-0.25, -0.2) is 0 Å². The fraction of sp³-hybridized carbons (Fsp3) is 0.100. The van der Waals surface area contributed by atoms with Crippen molar-refractivity contribution in [3.63, 3.8) is 0 Å². The average molecular weight is 238 g/mol. The summed E-state index contributed by atoms with van der Waals surface area (Å²) in [5.74, 6) is -1.38. The van der Waals surface area contributed by atoms with Gasteiger partial charge in [0.05, 0.1) is 0 Å². The molecule has 0 aliphatic rings. The van der Waals surface area contributed by atoms with Gasteiger partial charge in [-0.05, 0) is 24.3 Å². The Hall–Kier alpha value is -1.97. The number of nitrogens with one attached hydrogen (secondary N) is 1. The molecule has 0 saturated heterocycles. The van der Waals surface area contributed by atoms with Crippen LogP contribution in [0, 0.1) is 0 Å². The number of nitrogens with zero attached hydrogens (tertiary/aromatic N) is 2. The maximum Gasteiger partial charge on any atom is 0.421 e. The van der Waals surface area contributed by atoms with Crippen molar-refractivity contribution in [1.82, 2.24) is 0 Å². The van der Waals surface area contributed by atoms with E-state index < -0.39 is 17.4 Å². The van der Waals surface area contributed by atoms with Crippen molar-refractivity contribution in [1.29, 1.82) is 0 Å². The third-order valence-corrected chi connectivity index (χ3v) is 2.00. The Kier molecular flexibility index (Phi) is 3.94. The fourth-order valence-corrected chi connectivity index (χ4v) is 1.13. The molecule has 0 saturated carbocycles. The Morgan fingerprint density at radius 3 is 2.31 bits per heavy atom. The molecule has 0 aliphatic heterocycles. The van der Waals surface area contributed by atoms with E-state index in [2.05, 4.69) is 10.1 Å². The molecule has 82 valence electrons. The van der Waals surface area contributed by atoms with Gasteiger partial charge in [0.2, 0.25) is 5.78 Å². The third-order valence-electron chi connectivity index (χ3n) is 1.75. The number of halogens is 1. The summed E-state index contributed by atoms with van der Waals surface area (Å²) in [6, 6.07) is 6.30. The number of hydrogen-bond donors (Lipinski definition) is 1. The van der Waals surface area contributed by atoms with E-state index in [0.717, 1.165) is 6.92 Å². The highest BCUT2D eigenvalue weighted by molar-refractivity contribution is 6.65. The molecule has 6 heteroatoms. The second-order valence-electron chi connectivity index (χ2n) is 2.97. The van der Waals surface area contributed by atoms with Gasteiger partial charge in [-0.1, -0.05) is 11.6 Å². The van der Waals surface area contributed by atoms with E-state index >= 15 is 0 Å². The number of ketones is 1. The second kappa shape index (κ2) is 5.21. The van der Waals surface area contributed by atoms with E-state index in [9.17, 15) is 9.59 Å². The molecule has 1 amide bonds. The molecule has 5 nitrogen and oxygen atoms in total. The minimum atomic E-state index is -0.766. The van der Waals surface area contributed by atoms with Gasteiger partial charge in [-0.15, -0.1) is 0 Å². The minimum Gasteiger partial charge on any atom is -0.360 e. The van der Waals surface area contributed by atoms with Crippen molar-refractivity contribution in [2.75, 3.05) is 5.32 Å². The molecular formula is C10H8ClN3O2. The predicted molar refractivity (Wildman–Crippen MR) is 59.4 cm³/mol. The SMILES string of the molecule is CC(=O)C(=[N+]=[N-])C(=O)Nc1ccc(Cl)cc1. The van der Waals surface area contributed by atoms with Crippen molar-refractivity contribution in [3.8, 4) is 0 Å². The lowest BCUT2D eigenvalue weighted by Crippen LogP contribution is -2.29. The molecule has 1 aromatic rings. The molecule has 0 fully saturated rings. The van der Waals surface area contributed by atoms with Crippen LogP contribution >= 0.6 is 11.6 Å². The Labute approximate surface area is 96.6 Å². The topological polar surface area (TPSA) is 82.6 Å². The highest BCUT2D eigenvalue weighted by atomic mass is 35.5. The first-order valence-corrected chi connectivity index (χ1v) is 4.72. The molecule has 16 heavy (non-hydrogen) atoms. The van der Waals surface area contributed by atoms with Crippen LogP contribution < -0.4 is 5.32 Å². The normalized spacial score (nSPS) is 9.12. The average Bonchev–Trinajstić information content (AvgIpc) is 2.22. The van der Waals surface area contributed by atoms with Crippen LogP contribution in [-0.2, 0) is 9.59 Å². The van der Waals surface area contributed by atoms with Crippen LogP contribution in [0.15, 0.2) is 24.3 Å². The number of benzene rings is 1. The van der Waals surface area contributed by atoms with Crippen molar-refractivity contribution >= 4 is 34.7 Å². The first-order valence-electron chi connectivity index (χ1n) is 4.34. The standard InChI is InChI=1S/C10H8ClN3O2/c1-6(15)9(14-12)10(16)13-8-4-2-7(11)3-5-8/h2-5H,1H3,(H,13,16). The molecule has 0 radical (unpaired) electrons. The lowest BCUT2D eigenvalue weighted by molar-refractivity contribution is -0.121. The third kappa shape index (κ3) is 3.02. The number of carbonyl (C=O) groups is 2. The van der Waals surface area contributed by atoms with Gasteiger partial charge in [-0.3, -0.25) is 9.59 Å².